The van der Waals surface area contributed by atoms with E-state index in [-0.39, 0.29) is 10.8 Å². The van der Waals surface area contributed by atoms with Gasteiger partial charge in [0.2, 0.25) is 0 Å². The molecule has 0 saturated carbocycles. The van der Waals surface area contributed by atoms with E-state index in [1.165, 1.54) is 99.3 Å². The number of hydrogen-bond donors (Lipinski definition) is 2. The molecule has 0 saturated heterocycles. The first kappa shape index (κ1) is 40.3. The Labute approximate surface area is 311 Å². The van der Waals surface area contributed by atoms with Crippen LogP contribution in [0.5, 0.6) is 11.5 Å². The molecule has 4 rings (SSSR count). The summed E-state index contributed by atoms with van der Waals surface area (Å²) in [6.45, 7) is 13.4. The van der Waals surface area contributed by atoms with Gasteiger partial charge in [0.25, 0.3) is 0 Å². The molecule has 0 heterocycles. The van der Waals surface area contributed by atoms with Crippen LogP contribution < -0.4 is 0 Å². The van der Waals surface area contributed by atoms with Crippen LogP contribution >= 0.6 is 0 Å². The highest BCUT2D eigenvalue weighted by molar-refractivity contribution is 5.57. The molecule has 0 aliphatic heterocycles. The fourth-order valence-corrected chi connectivity index (χ4v) is 7.83. The summed E-state index contributed by atoms with van der Waals surface area (Å²) < 4.78 is 0. The van der Waals surface area contributed by atoms with E-state index in [0.29, 0.717) is 17.9 Å². The first-order chi connectivity index (χ1) is 24.6. The van der Waals surface area contributed by atoms with Gasteiger partial charge in [0.15, 0.2) is 0 Å². The molecule has 0 radical (unpaired) electrons. The minimum Gasteiger partial charge on any atom is -0.507 e. The second-order valence-electron chi connectivity index (χ2n) is 16.2. The van der Waals surface area contributed by atoms with E-state index in [1.54, 1.807) is 0 Å². The molecule has 0 bridgehead atoms. The van der Waals surface area contributed by atoms with Gasteiger partial charge in [-0.25, -0.2) is 0 Å². The maximum atomic E-state index is 12.1. The first-order valence-electron chi connectivity index (χ1n) is 20.4. The Bertz CT molecular complexity index is 1480. The summed E-state index contributed by atoms with van der Waals surface area (Å²) in [7, 11) is 0. The quantitative estimate of drug-likeness (QED) is 0.0807. The number of benzene rings is 4. The predicted octanol–water partition coefficient (Wildman–Crippen LogP) is 13.9. The third-order valence-corrected chi connectivity index (χ3v) is 11.4. The predicted molar refractivity (Wildman–Crippen MR) is 220 cm³/mol. The zero-order valence-corrected chi connectivity index (χ0v) is 33.0. The highest BCUT2D eigenvalue weighted by atomic mass is 16.3. The minimum absolute atomic E-state index is 0.355. The highest BCUT2D eigenvalue weighted by Gasteiger charge is 2.30. The van der Waals surface area contributed by atoms with Crippen LogP contribution in [0, 0.1) is 0 Å². The topological polar surface area (TPSA) is 40.5 Å². The number of aryl methyl sites for hydroxylation is 2. The molecule has 2 heteroatoms. The van der Waals surface area contributed by atoms with Gasteiger partial charge in [-0.05, 0) is 59.1 Å². The van der Waals surface area contributed by atoms with E-state index in [4.69, 9.17) is 0 Å². The zero-order chi connectivity index (χ0) is 36.7. The second-order valence-corrected chi connectivity index (χ2v) is 16.2. The number of unbranched alkanes of at least 4 members (excludes halogenated alkanes) is 12. The standard InChI is InChI=1S/C49H68O2/c1-7-9-11-13-15-17-21-27-38-33-40(46(50)44(35-38)48(3,4)42-29-23-19-24-30-42)37-41-34-39(28-22-18-16-14-12-10-8-2)36-45(47(41)51)49(5,6)43-31-25-20-26-32-43/h19-20,23-26,29-36,50-51H,7-18,21-22,27-28,37H2,1-6H3. The Morgan fingerprint density at radius 2 is 0.765 bits per heavy atom. The van der Waals surface area contributed by atoms with Gasteiger partial charge < -0.3 is 10.2 Å². The van der Waals surface area contributed by atoms with Crippen LogP contribution in [0.2, 0.25) is 0 Å². The van der Waals surface area contributed by atoms with Gasteiger partial charge in [-0.3, -0.25) is 0 Å². The summed E-state index contributed by atoms with van der Waals surface area (Å²) >= 11 is 0. The van der Waals surface area contributed by atoms with Crippen molar-refractivity contribution in [3.63, 3.8) is 0 Å². The summed E-state index contributed by atoms with van der Waals surface area (Å²) in [5.74, 6) is 0.709. The monoisotopic (exact) mass is 689 g/mol. The van der Waals surface area contributed by atoms with E-state index in [2.05, 4.69) is 126 Å². The average Bonchev–Trinajstić information content (AvgIpc) is 3.13. The Morgan fingerprint density at radius 3 is 1.12 bits per heavy atom. The molecule has 4 aromatic carbocycles. The minimum atomic E-state index is -0.377. The third-order valence-electron chi connectivity index (χ3n) is 11.4. The van der Waals surface area contributed by atoms with Crippen LogP contribution in [-0.2, 0) is 30.1 Å². The number of aromatic hydroxyl groups is 2. The molecule has 0 aromatic heterocycles. The SMILES string of the molecule is CCCCCCCCCc1cc(Cc2cc(CCCCCCCCC)cc(C(C)(C)c3ccccc3)c2O)c(O)c(C(C)(C)c2ccccc2)c1. The molecule has 276 valence electrons. The Kier molecular flexibility index (Phi) is 15.7. The molecule has 4 aromatic rings. The van der Waals surface area contributed by atoms with E-state index in [1.807, 2.05) is 0 Å². The number of phenolic OH excluding ortho intramolecular Hbond substituents is 2. The fourth-order valence-electron chi connectivity index (χ4n) is 7.83. The Morgan fingerprint density at radius 1 is 0.431 bits per heavy atom. The largest absolute Gasteiger partial charge is 0.507 e. The molecular formula is C49H68O2. The molecule has 0 aliphatic carbocycles. The molecule has 0 aliphatic rings. The normalized spacial score (nSPS) is 12.0. The molecule has 0 atom stereocenters. The van der Waals surface area contributed by atoms with Crippen molar-refractivity contribution in [2.75, 3.05) is 0 Å². The smallest absolute Gasteiger partial charge is 0.123 e. The van der Waals surface area contributed by atoms with Gasteiger partial charge in [0, 0.05) is 28.4 Å². The fraction of sp³-hybridized carbons (Fsp3) is 0.510. The van der Waals surface area contributed by atoms with Gasteiger partial charge in [0.1, 0.15) is 11.5 Å². The van der Waals surface area contributed by atoms with Crippen LogP contribution in [0.15, 0.2) is 84.9 Å². The van der Waals surface area contributed by atoms with Crippen LogP contribution in [0.25, 0.3) is 0 Å². The van der Waals surface area contributed by atoms with Gasteiger partial charge >= 0.3 is 0 Å². The summed E-state index contributed by atoms with van der Waals surface area (Å²) in [5, 5.41) is 24.2. The lowest BCUT2D eigenvalue weighted by Gasteiger charge is -2.30. The van der Waals surface area contributed by atoms with Crippen molar-refractivity contribution >= 4 is 0 Å². The molecule has 2 nitrogen and oxygen atoms in total. The van der Waals surface area contributed by atoms with Crippen molar-refractivity contribution in [3.8, 4) is 11.5 Å². The number of phenols is 2. The summed E-state index contributed by atoms with van der Waals surface area (Å²) in [6, 6.07) is 30.1. The van der Waals surface area contributed by atoms with Crippen molar-refractivity contribution in [1.82, 2.24) is 0 Å². The molecule has 0 spiro atoms. The molecule has 0 unspecified atom stereocenters. The lowest BCUT2D eigenvalue weighted by Crippen LogP contribution is -2.20. The van der Waals surface area contributed by atoms with E-state index in [9.17, 15) is 10.2 Å². The third kappa shape index (κ3) is 11.2. The van der Waals surface area contributed by atoms with Crippen molar-refractivity contribution in [3.05, 3.63) is 129 Å². The van der Waals surface area contributed by atoms with Gasteiger partial charge in [0.05, 0.1) is 0 Å². The average molecular weight is 689 g/mol. The van der Waals surface area contributed by atoms with Crippen LogP contribution in [0.1, 0.15) is 176 Å². The summed E-state index contributed by atoms with van der Waals surface area (Å²) in [5.41, 5.74) is 7.91. The number of rotatable bonds is 22. The van der Waals surface area contributed by atoms with E-state index in [0.717, 1.165) is 47.9 Å². The van der Waals surface area contributed by atoms with Gasteiger partial charge in [-0.2, -0.15) is 0 Å². The van der Waals surface area contributed by atoms with Crippen molar-refractivity contribution < 1.29 is 10.2 Å². The lowest BCUT2D eigenvalue weighted by molar-refractivity contribution is 0.440. The number of hydrogen-bond acceptors (Lipinski definition) is 2. The molecule has 0 fully saturated rings. The molecule has 51 heavy (non-hydrogen) atoms. The van der Waals surface area contributed by atoms with Gasteiger partial charge in [-0.1, -0.05) is 204 Å². The van der Waals surface area contributed by atoms with E-state index < -0.39 is 0 Å². The molecule has 0 amide bonds. The lowest BCUT2D eigenvalue weighted by atomic mass is 9.75. The first-order valence-corrected chi connectivity index (χ1v) is 20.4. The summed E-state index contributed by atoms with van der Waals surface area (Å²) in [6.07, 6.45) is 20.3. The van der Waals surface area contributed by atoms with Crippen molar-refractivity contribution in [2.24, 2.45) is 0 Å². The van der Waals surface area contributed by atoms with Crippen molar-refractivity contribution in [2.45, 2.75) is 162 Å². The van der Waals surface area contributed by atoms with E-state index >= 15 is 0 Å². The molecular weight excluding hydrogens is 621 g/mol. The maximum absolute atomic E-state index is 12.1. The Balaban J connectivity index is 1.71. The Hall–Kier alpha value is -3.52. The molecule has 2 N–H and O–H groups in total. The highest BCUT2D eigenvalue weighted by Crippen LogP contribution is 2.43. The zero-order valence-electron chi connectivity index (χ0n) is 33.0. The maximum Gasteiger partial charge on any atom is 0.123 e. The van der Waals surface area contributed by atoms with Crippen LogP contribution in [-0.4, -0.2) is 10.2 Å². The van der Waals surface area contributed by atoms with Crippen LogP contribution in [0.3, 0.4) is 0 Å². The van der Waals surface area contributed by atoms with Gasteiger partial charge in [-0.15, -0.1) is 0 Å². The van der Waals surface area contributed by atoms with Crippen LogP contribution in [0.4, 0.5) is 0 Å². The van der Waals surface area contributed by atoms with Crippen molar-refractivity contribution in [1.29, 1.82) is 0 Å². The second kappa shape index (κ2) is 19.9. The summed E-state index contributed by atoms with van der Waals surface area (Å²) in [4.78, 5) is 0.